The van der Waals surface area contributed by atoms with Crippen molar-refractivity contribution in [3.8, 4) is 0 Å². The molecule has 1 N–H and O–H groups in total. The number of sulfonamides is 1. The quantitative estimate of drug-likeness (QED) is 0.766. The summed E-state index contributed by atoms with van der Waals surface area (Å²) in [5.41, 5.74) is 2.01. The van der Waals surface area contributed by atoms with Gasteiger partial charge in [0.1, 0.15) is 10.7 Å². The topological polar surface area (TPSA) is 49.4 Å². The van der Waals surface area contributed by atoms with Crippen LogP contribution in [0.2, 0.25) is 0 Å². The number of nitrogens with zero attached hydrogens (tertiary/aromatic N) is 1. The summed E-state index contributed by atoms with van der Waals surface area (Å²) >= 11 is 3.18. The van der Waals surface area contributed by atoms with E-state index in [2.05, 4.69) is 25.6 Å². The number of halogens is 2. The lowest BCUT2D eigenvalue weighted by Gasteiger charge is -2.18. The molecule has 134 valence electrons. The van der Waals surface area contributed by atoms with Gasteiger partial charge in [0.25, 0.3) is 0 Å². The van der Waals surface area contributed by atoms with Gasteiger partial charge in [0.05, 0.1) is 0 Å². The van der Waals surface area contributed by atoms with Crippen LogP contribution in [0.15, 0.2) is 51.8 Å². The predicted octanol–water partition coefficient (Wildman–Crippen LogP) is 3.66. The van der Waals surface area contributed by atoms with Gasteiger partial charge in [-0.15, -0.1) is 0 Å². The lowest BCUT2D eigenvalue weighted by atomic mass is 10.1. The number of hydrogen-bond acceptors (Lipinski definition) is 3. The summed E-state index contributed by atoms with van der Waals surface area (Å²) < 4.78 is 41.8. The van der Waals surface area contributed by atoms with Crippen LogP contribution >= 0.6 is 15.9 Å². The first kappa shape index (κ1) is 18.5. The van der Waals surface area contributed by atoms with Crippen LogP contribution in [0.5, 0.6) is 0 Å². The minimum Gasteiger partial charge on any atom is -0.299 e. The third-order valence-corrected chi connectivity index (χ3v) is 6.26. The molecule has 3 rings (SSSR count). The molecule has 0 saturated carbocycles. The summed E-state index contributed by atoms with van der Waals surface area (Å²) in [7, 11) is -3.92. The Kier molecular flexibility index (Phi) is 5.89. The van der Waals surface area contributed by atoms with Crippen molar-refractivity contribution in [1.82, 2.24) is 9.62 Å². The number of likely N-dealkylation sites (tertiary alicyclic amines) is 1. The van der Waals surface area contributed by atoms with Crippen LogP contribution in [-0.2, 0) is 23.1 Å². The largest absolute Gasteiger partial charge is 0.299 e. The first-order chi connectivity index (χ1) is 12.0. The van der Waals surface area contributed by atoms with Gasteiger partial charge in [-0.3, -0.25) is 4.90 Å². The van der Waals surface area contributed by atoms with E-state index in [1.54, 1.807) is 0 Å². The molecule has 0 atom stereocenters. The molecule has 1 fully saturated rings. The zero-order valence-corrected chi connectivity index (χ0v) is 16.1. The van der Waals surface area contributed by atoms with Gasteiger partial charge in [-0.2, -0.15) is 0 Å². The number of hydrogen-bond donors (Lipinski definition) is 1. The molecule has 2 aromatic rings. The SMILES string of the molecule is O=S(=O)(NCc1ccccc1CN1CCCC1)c1cc(Br)ccc1F. The van der Waals surface area contributed by atoms with Gasteiger partial charge in [0.15, 0.2) is 0 Å². The van der Waals surface area contributed by atoms with Gasteiger partial charge < -0.3 is 0 Å². The first-order valence-electron chi connectivity index (χ1n) is 8.19. The average Bonchev–Trinajstić information content (AvgIpc) is 3.09. The van der Waals surface area contributed by atoms with E-state index in [1.165, 1.54) is 25.0 Å². The Labute approximate surface area is 156 Å². The summed E-state index contributed by atoms with van der Waals surface area (Å²) in [6.45, 7) is 3.09. The van der Waals surface area contributed by atoms with Gasteiger partial charge in [-0.1, -0.05) is 40.2 Å². The second-order valence-electron chi connectivity index (χ2n) is 6.15. The van der Waals surface area contributed by atoms with Gasteiger partial charge in [-0.05, 0) is 55.3 Å². The van der Waals surface area contributed by atoms with Crippen molar-refractivity contribution in [2.75, 3.05) is 13.1 Å². The Morgan fingerprint density at radius 2 is 1.76 bits per heavy atom. The maximum atomic E-state index is 13.9. The third kappa shape index (κ3) is 4.67. The summed E-state index contributed by atoms with van der Waals surface area (Å²) in [6.07, 6.45) is 2.41. The van der Waals surface area contributed by atoms with Gasteiger partial charge in [-0.25, -0.2) is 17.5 Å². The van der Waals surface area contributed by atoms with E-state index in [9.17, 15) is 12.8 Å². The molecule has 7 heteroatoms. The molecule has 25 heavy (non-hydrogen) atoms. The van der Waals surface area contributed by atoms with E-state index >= 15 is 0 Å². The average molecular weight is 427 g/mol. The third-order valence-electron chi connectivity index (χ3n) is 4.35. The molecule has 1 heterocycles. The lowest BCUT2D eigenvalue weighted by Crippen LogP contribution is -2.26. The van der Waals surface area contributed by atoms with Crippen molar-refractivity contribution in [2.24, 2.45) is 0 Å². The van der Waals surface area contributed by atoms with Crippen molar-refractivity contribution in [1.29, 1.82) is 0 Å². The highest BCUT2D eigenvalue weighted by Crippen LogP contribution is 2.21. The van der Waals surface area contributed by atoms with Crippen molar-refractivity contribution in [3.05, 3.63) is 63.9 Å². The summed E-state index contributed by atoms with van der Waals surface area (Å²) in [6, 6.07) is 11.6. The van der Waals surface area contributed by atoms with E-state index < -0.39 is 15.8 Å². The van der Waals surface area contributed by atoms with Gasteiger partial charge in [0, 0.05) is 17.6 Å². The molecule has 1 aliphatic rings. The zero-order chi connectivity index (χ0) is 17.9. The van der Waals surface area contributed by atoms with Crippen LogP contribution in [0.25, 0.3) is 0 Å². The summed E-state index contributed by atoms with van der Waals surface area (Å²) in [5.74, 6) is -0.763. The fourth-order valence-corrected chi connectivity index (χ4v) is 4.62. The van der Waals surface area contributed by atoms with E-state index in [4.69, 9.17) is 0 Å². The van der Waals surface area contributed by atoms with Crippen LogP contribution in [0.1, 0.15) is 24.0 Å². The highest BCUT2D eigenvalue weighted by atomic mass is 79.9. The first-order valence-corrected chi connectivity index (χ1v) is 10.5. The summed E-state index contributed by atoms with van der Waals surface area (Å²) in [4.78, 5) is 2.01. The number of benzene rings is 2. The Morgan fingerprint density at radius 3 is 2.48 bits per heavy atom. The Hall–Kier alpha value is -1.28. The van der Waals surface area contributed by atoms with Crippen LogP contribution in [-0.4, -0.2) is 26.4 Å². The van der Waals surface area contributed by atoms with Gasteiger partial charge >= 0.3 is 0 Å². The predicted molar refractivity (Wildman–Crippen MR) is 99.1 cm³/mol. The molecule has 0 aliphatic carbocycles. The number of rotatable bonds is 6. The van der Waals surface area contributed by atoms with E-state index in [1.807, 2.05) is 24.3 Å². The van der Waals surface area contributed by atoms with E-state index in [0.29, 0.717) is 4.47 Å². The maximum absolute atomic E-state index is 13.9. The van der Waals surface area contributed by atoms with Crippen LogP contribution in [0.4, 0.5) is 4.39 Å². The molecule has 0 spiro atoms. The normalized spacial score (nSPS) is 15.6. The molecular formula is C18H20BrFN2O2S. The van der Waals surface area contributed by atoms with Gasteiger partial charge in [0.2, 0.25) is 10.0 Å². The molecule has 0 aromatic heterocycles. The smallest absolute Gasteiger partial charge is 0.243 e. The Balaban J connectivity index is 1.75. The highest BCUT2D eigenvalue weighted by Gasteiger charge is 2.20. The minimum atomic E-state index is -3.92. The summed E-state index contributed by atoms with van der Waals surface area (Å²) in [5, 5.41) is 0. The molecular weight excluding hydrogens is 407 g/mol. The number of nitrogens with one attached hydrogen (secondary N) is 1. The standard InChI is InChI=1S/C18H20BrFN2O2S/c19-16-7-8-17(20)18(11-16)25(23,24)21-12-14-5-1-2-6-15(14)13-22-9-3-4-10-22/h1-2,5-8,11,21H,3-4,9-10,12-13H2. The van der Waals surface area contributed by atoms with Crippen LogP contribution < -0.4 is 4.72 Å². The molecule has 1 saturated heterocycles. The molecule has 1 aliphatic heterocycles. The Morgan fingerprint density at radius 1 is 1.08 bits per heavy atom. The highest BCUT2D eigenvalue weighted by molar-refractivity contribution is 9.10. The van der Waals surface area contributed by atoms with Crippen LogP contribution in [0, 0.1) is 5.82 Å². The van der Waals surface area contributed by atoms with E-state index in [-0.39, 0.29) is 11.4 Å². The molecule has 0 radical (unpaired) electrons. The van der Waals surface area contributed by atoms with Crippen molar-refractivity contribution in [2.45, 2.75) is 30.8 Å². The molecule has 2 aromatic carbocycles. The molecule has 0 bridgehead atoms. The molecule has 0 amide bonds. The second kappa shape index (κ2) is 7.95. The van der Waals surface area contributed by atoms with Crippen molar-refractivity contribution >= 4 is 26.0 Å². The van der Waals surface area contributed by atoms with Crippen molar-refractivity contribution < 1.29 is 12.8 Å². The monoisotopic (exact) mass is 426 g/mol. The zero-order valence-electron chi connectivity index (χ0n) is 13.7. The lowest BCUT2D eigenvalue weighted by molar-refractivity contribution is 0.330. The van der Waals surface area contributed by atoms with E-state index in [0.717, 1.165) is 36.8 Å². The van der Waals surface area contributed by atoms with Crippen LogP contribution in [0.3, 0.4) is 0 Å². The fraction of sp³-hybridized carbons (Fsp3) is 0.333. The minimum absolute atomic E-state index is 0.137. The van der Waals surface area contributed by atoms with Crippen molar-refractivity contribution in [3.63, 3.8) is 0 Å². The maximum Gasteiger partial charge on any atom is 0.243 e. The fourth-order valence-electron chi connectivity index (χ4n) is 3.00. The molecule has 4 nitrogen and oxygen atoms in total. The molecule has 0 unspecified atom stereocenters. The Bertz CT molecular complexity index is 852. The second-order valence-corrected chi connectivity index (χ2v) is 8.80.